The summed E-state index contributed by atoms with van der Waals surface area (Å²) in [6.07, 6.45) is 3.76. The molecule has 4 rings (SSSR count). The number of amides is 2. The molecule has 180 valence electrons. The molecule has 7 heteroatoms. The summed E-state index contributed by atoms with van der Waals surface area (Å²) < 4.78 is 5.68. The third-order valence-electron chi connectivity index (χ3n) is 7.02. The van der Waals surface area contributed by atoms with Crippen molar-refractivity contribution in [2.24, 2.45) is 5.92 Å². The number of alkyl carbamates (subject to hydrolysis) is 1. The Morgan fingerprint density at radius 3 is 2.21 bits per heavy atom. The molecule has 2 aromatic rings. The lowest BCUT2D eigenvalue weighted by atomic mass is 9.93. The minimum absolute atomic E-state index is 0.0349. The third-order valence-corrected chi connectivity index (χ3v) is 7.02. The second-order valence-corrected chi connectivity index (χ2v) is 9.13. The number of hydrogen-bond donors (Lipinski definition) is 3. The lowest BCUT2D eigenvalue weighted by molar-refractivity contribution is -0.142. The summed E-state index contributed by atoms with van der Waals surface area (Å²) in [6, 6.07) is 15.0. The number of rotatable bonds is 7. The highest BCUT2D eigenvalue weighted by molar-refractivity contribution is 5.86. The molecule has 0 saturated heterocycles. The fourth-order valence-electron chi connectivity index (χ4n) is 5.20. The van der Waals surface area contributed by atoms with Gasteiger partial charge in [-0.3, -0.25) is 4.79 Å². The summed E-state index contributed by atoms with van der Waals surface area (Å²) in [5.74, 6) is -1.88. The molecule has 2 aliphatic carbocycles. The number of aliphatic carboxylic acids is 1. The van der Waals surface area contributed by atoms with Crippen LogP contribution in [0.15, 0.2) is 48.5 Å². The molecule has 3 N–H and O–H groups in total. The van der Waals surface area contributed by atoms with E-state index in [0.717, 1.165) is 41.5 Å². The van der Waals surface area contributed by atoms with Gasteiger partial charge in [0, 0.05) is 12.0 Å². The molecular weight excluding hydrogens is 432 g/mol. The second kappa shape index (κ2) is 10.7. The van der Waals surface area contributed by atoms with E-state index in [1.54, 1.807) is 6.92 Å². The Hall–Kier alpha value is -3.35. The number of hydrogen-bond acceptors (Lipinski definition) is 4. The smallest absolute Gasteiger partial charge is 0.407 e. The van der Waals surface area contributed by atoms with Crippen molar-refractivity contribution in [3.05, 3.63) is 59.7 Å². The van der Waals surface area contributed by atoms with Gasteiger partial charge in [0.15, 0.2) is 0 Å². The molecular formula is C27H32N2O5. The van der Waals surface area contributed by atoms with Crippen LogP contribution >= 0.6 is 0 Å². The average molecular weight is 465 g/mol. The highest BCUT2D eigenvalue weighted by Crippen LogP contribution is 2.44. The maximum absolute atomic E-state index is 12.9. The molecule has 3 atom stereocenters. The van der Waals surface area contributed by atoms with Crippen LogP contribution < -0.4 is 10.6 Å². The molecule has 2 aliphatic rings. The van der Waals surface area contributed by atoms with Crippen molar-refractivity contribution in [3.8, 4) is 11.1 Å². The van der Waals surface area contributed by atoms with E-state index in [-0.39, 0.29) is 24.5 Å². The molecule has 0 spiro atoms. The Bertz CT molecular complexity index is 1010. The second-order valence-electron chi connectivity index (χ2n) is 9.13. The van der Waals surface area contributed by atoms with Crippen molar-refractivity contribution in [2.45, 2.75) is 63.5 Å². The van der Waals surface area contributed by atoms with Gasteiger partial charge in [0.2, 0.25) is 5.91 Å². The first kappa shape index (κ1) is 23.8. The Balaban J connectivity index is 1.41. The Kier molecular flexibility index (Phi) is 7.50. The Morgan fingerprint density at radius 1 is 0.971 bits per heavy atom. The lowest BCUT2D eigenvalue weighted by Gasteiger charge is -2.26. The lowest BCUT2D eigenvalue weighted by Crippen LogP contribution is -2.50. The van der Waals surface area contributed by atoms with Gasteiger partial charge in [0.05, 0.1) is 5.92 Å². The maximum atomic E-state index is 12.9. The fraction of sp³-hybridized carbons (Fsp3) is 0.444. The van der Waals surface area contributed by atoms with E-state index in [9.17, 15) is 19.5 Å². The summed E-state index contributed by atoms with van der Waals surface area (Å²) in [7, 11) is 0. The molecule has 0 bridgehead atoms. The normalized spacial score (nSPS) is 20.4. The van der Waals surface area contributed by atoms with E-state index in [1.807, 2.05) is 24.3 Å². The number of ether oxygens (including phenoxy) is 1. The van der Waals surface area contributed by atoms with Crippen LogP contribution in [0.1, 0.15) is 62.5 Å². The van der Waals surface area contributed by atoms with Gasteiger partial charge in [-0.25, -0.2) is 9.59 Å². The van der Waals surface area contributed by atoms with Gasteiger partial charge in [-0.1, -0.05) is 74.7 Å². The van der Waals surface area contributed by atoms with Crippen LogP contribution in [-0.4, -0.2) is 41.8 Å². The summed E-state index contributed by atoms with van der Waals surface area (Å²) in [4.78, 5) is 37.0. The standard InChI is InChI=1S/C27H32N2O5/c1-2-23(26(31)32)28-25(30)21-14-4-3-5-15-24(21)29-27(33)34-16-22-19-12-8-6-10-17(19)18-11-7-9-13-20(18)22/h6-13,21-24H,2-5,14-16H2,1H3,(H,28,30)(H,29,33)(H,31,32)/t21-,23+,24+/m1/s1. The zero-order valence-electron chi connectivity index (χ0n) is 19.5. The number of carbonyl (C=O) groups is 3. The van der Waals surface area contributed by atoms with E-state index in [4.69, 9.17) is 4.74 Å². The number of fused-ring (bicyclic) bond motifs is 3. The van der Waals surface area contributed by atoms with Crippen LogP contribution in [0.4, 0.5) is 4.79 Å². The number of benzene rings is 2. The first-order valence-corrected chi connectivity index (χ1v) is 12.1. The SMILES string of the molecule is CC[C@H](NC(=O)[C@@H]1CCCCC[C@@H]1NC(=O)OCC1c2ccccc2-c2ccccc21)C(=O)O. The predicted molar refractivity (Wildman–Crippen MR) is 128 cm³/mol. The minimum atomic E-state index is -1.05. The molecule has 34 heavy (non-hydrogen) atoms. The summed E-state index contributed by atoms with van der Waals surface area (Å²) >= 11 is 0. The molecule has 0 aliphatic heterocycles. The molecule has 7 nitrogen and oxygen atoms in total. The van der Waals surface area contributed by atoms with Crippen LogP contribution in [0, 0.1) is 5.92 Å². The van der Waals surface area contributed by atoms with Crippen molar-refractivity contribution >= 4 is 18.0 Å². The van der Waals surface area contributed by atoms with Gasteiger partial charge < -0.3 is 20.5 Å². The van der Waals surface area contributed by atoms with E-state index < -0.39 is 24.0 Å². The third kappa shape index (κ3) is 5.08. The van der Waals surface area contributed by atoms with E-state index in [1.165, 1.54) is 0 Å². The predicted octanol–water partition coefficient (Wildman–Crippen LogP) is 4.45. The largest absolute Gasteiger partial charge is 0.480 e. The van der Waals surface area contributed by atoms with Gasteiger partial charge in [0.25, 0.3) is 0 Å². The Labute approximate surface area is 199 Å². The van der Waals surface area contributed by atoms with Crippen molar-refractivity contribution < 1.29 is 24.2 Å². The topological polar surface area (TPSA) is 105 Å². The van der Waals surface area contributed by atoms with Crippen LogP contribution in [-0.2, 0) is 14.3 Å². The highest BCUT2D eigenvalue weighted by atomic mass is 16.5. The van der Waals surface area contributed by atoms with Gasteiger partial charge in [0.1, 0.15) is 12.6 Å². The van der Waals surface area contributed by atoms with Crippen LogP contribution in [0.25, 0.3) is 11.1 Å². The number of carboxylic acid groups (broad SMARTS) is 1. The summed E-state index contributed by atoms with van der Waals surface area (Å²) in [6.45, 7) is 1.93. The first-order chi connectivity index (χ1) is 16.5. The molecule has 0 heterocycles. The summed E-state index contributed by atoms with van der Waals surface area (Å²) in [5, 5.41) is 14.8. The van der Waals surface area contributed by atoms with Crippen LogP contribution in [0.3, 0.4) is 0 Å². The van der Waals surface area contributed by atoms with Crippen LogP contribution in [0.2, 0.25) is 0 Å². The molecule has 2 aromatic carbocycles. The monoisotopic (exact) mass is 464 g/mol. The average Bonchev–Trinajstić information content (AvgIpc) is 2.97. The quantitative estimate of drug-likeness (QED) is 0.525. The zero-order chi connectivity index (χ0) is 24.1. The van der Waals surface area contributed by atoms with Gasteiger partial charge in [-0.2, -0.15) is 0 Å². The number of carbonyl (C=O) groups excluding carboxylic acids is 2. The van der Waals surface area contributed by atoms with E-state index in [0.29, 0.717) is 19.3 Å². The Morgan fingerprint density at radius 2 is 1.59 bits per heavy atom. The van der Waals surface area contributed by atoms with Crippen LogP contribution in [0.5, 0.6) is 0 Å². The maximum Gasteiger partial charge on any atom is 0.407 e. The van der Waals surface area contributed by atoms with E-state index in [2.05, 4.69) is 34.9 Å². The molecule has 1 fully saturated rings. The van der Waals surface area contributed by atoms with Crippen molar-refractivity contribution in [2.75, 3.05) is 6.61 Å². The highest BCUT2D eigenvalue weighted by Gasteiger charge is 2.34. The van der Waals surface area contributed by atoms with Gasteiger partial charge >= 0.3 is 12.1 Å². The van der Waals surface area contributed by atoms with E-state index >= 15 is 0 Å². The first-order valence-electron chi connectivity index (χ1n) is 12.1. The molecule has 1 saturated carbocycles. The molecule has 0 aromatic heterocycles. The fourth-order valence-corrected chi connectivity index (χ4v) is 5.20. The zero-order valence-corrected chi connectivity index (χ0v) is 19.5. The molecule has 0 unspecified atom stereocenters. The summed E-state index contributed by atoms with van der Waals surface area (Å²) in [5.41, 5.74) is 4.61. The van der Waals surface area contributed by atoms with Crippen molar-refractivity contribution in [1.82, 2.24) is 10.6 Å². The van der Waals surface area contributed by atoms with Crippen molar-refractivity contribution in [1.29, 1.82) is 0 Å². The van der Waals surface area contributed by atoms with Gasteiger partial charge in [-0.15, -0.1) is 0 Å². The van der Waals surface area contributed by atoms with Crippen molar-refractivity contribution in [3.63, 3.8) is 0 Å². The minimum Gasteiger partial charge on any atom is -0.480 e. The number of carboxylic acids is 1. The molecule has 0 radical (unpaired) electrons. The van der Waals surface area contributed by atoms with Gasteiger partial charge in [-0.05, 0) is 41.5 Å². The molecule has 2 amide bonds. The number of nitrogens with one attached hydrogen (secondary N) is 2.